The molecule has 2 aromatic rings. The van der Waals surface area contributed by atoms with E-state index < -0.39 is 0 Å². The van der Waals surface area contributed by atoms with Crippen LogP contribution in [0.1, 0.15) is 29.4 Å². The molecule has 1 aromatic heterocycles. The molecule has 1 N–H and O–H groups in total. The Hall–Kier alpha value is -2.69. The number of rotatable bonds is 5. The summed E-state index contributed by atoms with van der Waals surface area (Å²) in [5.41, 5.74) is 4.61. The highest BCUT2D eigenvalue weighted by Crippen LogP contribution is 2.13. The predicted molar refractivity (Wildman–Crippen MR) is 81.5 cm³/mol. The van der Waals surface area contributed by atoms with Gasteiger partial charge >= 0.3 is 0 Å². The van der Waals surface area contributed by atoms with E-state index in [1.54, 1.807) is 31.5 Å². The lowest BCUT2D eigenvalue weighted by molar-refractivity contribution is 0.0950. The molecule has 5 nitrogen and oxygen atoms in total. The molecule has 1 amide bonds. The molecule has 21 heavy (non-hydrogen) atoms. The number of benzene rings is 1. The first kappa shape index (κ1) is 14.7. The van der Waals surface area contributed by atoms with Gasteiger partial charge in [0.25, 0.3) is 5.91 Å². The van der Waals surface area contributed by atoms with Gasteiger partial charge in [0.1, 0.15) is 11.4 Å². The molecule has 0 aliphatic rings. The number of hydrogen-bond acceptors (Lipinski definition) is 4. The van der Waals surface area contributed by atoms with Crippen molar-refractivity contribution >= 4 is 11.6 Å². The monoisotopic (exact) mass is 283 g/mol. The van der Waals surface area contributed by atoms with Gasteiger partial charge in [0, 0.05) is 6.20 Å². The lowest BCUT2D eigenvalue weighted by atomic mass is 10.1. The summed E-state index contributed by atoms with van der Waals surface area (Å²) in [5, 5.41) is 4.18. The molecule has 0 saturated heterocycles. The van der Waals surface area contributed by atoms with Gasteiger partial charge < -0.3 is 4.74 Å². The molecule has 1 aromatic carbocycles. The zero-order valence-electron chi connectivity index (χ0n) is 12.0. The number of methoxy groups -OCH3 is 1. The number of hydrogen-bond donors (Lipinski definition) is 1. The van der Waals surface area contributed by atoms with Crippen LogP contribution < -0.4 is 10.2 Å². The van der Waals surface area contributed by atoms with Crippen molar-refractivity contribution in [2.24, 2.45) is 5.10 Å². The van der Waals surface area contributed by atoms with Crippen LogP contribution in [-0.4, -0.2) is 23.7 Å². The van der Waals surface area contributed by atoms with E-state index >= 15 is 0 Å². The fourth-order valence-electron chi connectivity index (χ4n) is 1.80. The molecule has 2 rings (SSSR count). The van der Waals surface area contributed by atoms with Crippen LogP contribution in [0.25, 0.3) is 0 Å². The van der Waals surface area contributed by atoms with Crippen molar-refractivity contribution in [3.63, 3.8) is 0 Å². The van der Waals surface area contributed by atoms with Crippen LogP contribution in [0.5, 0.6) is 5.75 Å². The average molecular weight is 283 g/mol. The second-order valence-electron chi connectivity index (χ2n) is 4.30. The normalized spacial score (nSPS) is 11.0. The van der Waals surface area contributed by atoms with Gasteiger partial charge in [-0.15, -0.1) is 0 Å². The zero-order chi connectivity index (χ0) is 15.1. The van der Waals surface area contributed by atoms with Crippen molar-refractivity contribution in [1.29, 1.82) is 0 Å². The Labute approximate surface area is 123 Å². The highest BCUT2D eigenvalue weighted by molar-refractivity contribution is 6.01. The molecule has 0 fully saturated rings. The maximum Gasteiger partial charge on any atom is 0.289 e. The number of ether oxygens (including phenoxy) is 1. The van der Waals surface area contributed by atoms with E-state index in [0.717, 1.165) is 17.0 Å². The van der Waals surface area contributed by atoms with Crippen molar-refractivity contribution in [3.05, 3.63) is 59.9 Å². The summed E-state index contributed by atoms with van der Waals surface area (Å²) in [6.45, 7) is 1.98. The highest BCUT2D eigenvalue weighted by Gasteiger charge is 2.06. The number of carbonyl (C=O) groups is 1. The minimum Gasteiger partial charge on any atom is -0.497 e. The molecule has 0 atom stereocenters. The SMILES string of the molecule is CCC(=NNC(=O)c1ccccn1)c1ccc(OC)cc1. The number of hydrazone groups is 1. The van der Waals surface area contributed by atoms with Crippen molar-refractivity contribution < 1.29 is 9.53 Å². The Balaban J connectivity index is 2.11. The van der Waals surface area contributed by atoms with Gasteiger partial charge in [-0.05, 0) is 48.4 Å². The molecular formula is C16H17N3O2. The van der Waals surface area contributed by atoms with Gasteiger partial charge in [0.05, 0.1) is 12.8 Å². The summed E-state index contributed by atoms with van der Waals surface area (Å²) in [6, 6.07) is 12.7. The maximum absolute atomic E-state index is 11.9. The van der Waals surface area contributed by atoms with Crippen LogP contribution in [-0.2, 0) is 0 Å². The van der Waals surface area contributed by atoms with Crippen molar-refractivity contribution in [2.45, 2.75) is 13.3 Å². The Kier molecular flexibility index (Phi) is 5.04. The predicted octanol–water partition coefficient (Wildman–Crippen LogP) is 2.63. The number of nitrogens with zero attached hydrogens (tertiary/aromatic N) is 2. The number of nitrogens with one attached hydrogen (secondary N) is 1. The summed E-state index contributed by atoms with van der Waals surface area (Å²) < 4.78 is 5.12. The summed E-state index contributed by atoms with van der Waals surface area (Å²) in [5.74, 6) is 0.460. The standard InChI is InChI=1S/C16H17N3O2/c1-3-14(12-7-9-13(21-2)10-8-12)18-19-16(20)15-6-4-5-11-17-15/h4-11H,3H2,1-2H3,(H,19,20). The molecule has 0 spiro atoms. The third-order valence-electron chi connectivity index (χ3n) is 2.95. The van der Waals surface area contributed by atoms with Crippen molar-refractivity contribution in [1.82, 2.24) is 10.4 Å². The van der Waals surface area contributed by atoms with E-state index in [0.29, 0.717) is 12.1 Å². The minimum atomic E-state index is -0.324. The van der Waals surface area contributed by atoms with E-state index in [1.807, 2.05) is 31.2 Å². The van der Waals surface area contributed by atoms with E-state index in [9.17, 15) is 4.79 Å². The third kappa shape index (κ3) is 3.89. The van der Waals surface area contributed by atoms with Crippen LogP contribution >= 0.6 is 0 Å². The van der Waals surface area contributed by atoms with Crippen LogP contribution in [0, 0.1) is 0 Å². The summed E-state index contributed by atoms with van der Waals surface area (Å²) >= 11 is 0. The third-order valence-corrected chi connectivity index (χ3v) is 2.95. The quantitative estimate of drug-likeness (QED) is 0.677. The Morgan fingerprint density at radius 3 is 2.57 bits per heavy atom. The van der Waals surface area contributed by atoms with E-state index in [4.69, 9.17) is 4.74 Å². The van der Waals surface area contributed by atoms with Crippen LogP contribution in [0.15, 0.2) is 53.8 Å². The van der Waals surface area contributed by atoms with Crippen LogP contribution in [0.2, 0.25) is 0 Å². The molecular weight excluding hydrogens is 266 g/mol. The molecule has 0 radical (unpaired) electrons. The first-order valence-electron chi connectivity index (χ1n) is 6.67. The van der Waals surface area contributed by atoms with E-state index in [-0.39, 0.29) is 5.91 Å². The second-order valence-corrected chi connectivity index (χ2v) is 4.30. The molecule has 0 saturated carbocycles. The van der Waals surface area contributed by atoms with Crippen molar-refractivity contribution in [2.75, 3.05) is 7.11 Å². The van der Waals surface area contributed by atoms with Gasteiger partial charge in [-0.25, -0.2) is 5.43 Å². The number of aromatic nitrogens is 1. The lowest BCUT2D eigenvalue weighted by Crippen LogP contribution is -2.20. The minimum absolute atomic E-state index is 0.324. The Morgan fingerprint density at radius 1 is 1.24 bits per heavy atom. The zero-order valence-corrected chi connectivity index (χ0v) is 12.0. The summed E-state index contributed by atoms with van der Waals surface area (Å²) in [4.78, 5) is 15.9. The van der Waals surface area contributed by atoms with Gasteiger partial charge in [-0.1, -0.05) is 13.0 Å². The van der Waals surface area contributed by atoms with Crippen LogP contribution in [0.3, 0.4) is 0 Å². The number of pyridine rings is 1. The molecule has 0 bridgehead atoms. The van der Waals surface area contributed by atoms with Crippen LogP contribution in [0.4, 0.5) is 0 Å². The molecule has 0 aliphatic heterocycles. The molecule has 0 aliphatic carbocycles. The Morgan fingerprint density at radius 2 is 2.00 bits per heavy atom. The summed E-state index contributed by atoms with van der Waals surface area (Å²) in [7, 11) is 1.62. The first-order valence-corrected chi connectivity index (χ1v) is 6.67. The number of amides is 1. The highest BCUT2D eigenvalue weighted by atomic mass is 16.5. The maximum atomic E-state index is 11.9. The fraction of sp³-hybridized carbons (Fsp3) is 0.188. The molecule has 1 heterocycles. The van der Waals surface area contributed by atoms with Gasteiger partial charge in [-0.3, -0.25) is 9.78 Å². The van der Waals surface area contributed by atoms with Crippen molar-refractivity contribution in [3.8, 4) is 5.75 Å². The van der Waals surface area contributed by atoms with Gasteiger partial charge in [-0.2, -0.15) is 5.10 Å². The lowest BCUT2D eigenvalue weighted by Gasteiger charge is -2.06. The second kappa shape index (κ2) is 7.19. The Bertz CT molecular complexity index is 622. The fourth-order valence-corrected chi connectivity index (χ4v) is 1.80. The topological polar surface area (TPSA) is 63.6 Å². The summed E-state index contributed by atoms with van der Waals surface area (Å²) in [6.07, 6.45) is 2.28. The molecule has 0 unspecified atom stereocenters. The number of carbonyl (C=O) groups excluding carboxylic acids is 1. The van der Waals surface area contributed by atoms with Gasteiger partial charge in [0.15, 0.2) is 0 Å². The molecule has 108 valence electrons. The van der Waals surface area contributed by atoms with Gasteiger partial charge in [0.2, 0.25) is 0 Å². The molecule has 5 heteroatoms. The van der Waals surface area contributed by atoms with E-state index in [1.165, 1.54) is 0 Å². The average Bonchev–Trinajstić information content (AvgIpc) is 2.56. The largest absolute Gasteiger partial charge is 0.497 e. The van der Waals surface area contributed by atoms with E-state index in [2.05, 4.69) is 15.5 Å². The smallest absolute Gasteiger partial charge is 0.289 e. The first-order chi connectivity index (χ1) is 10.2.